The predicted molar refractivity (Wildman–Crippen MR) is 147 cm³/mol. The normalized spacial score (nSPS) is 19.8. The van der Waals surface area contributed by atoms with E-state index in [0.717, 1.165) is 19.3 Å². The van der Waals surface area contributed by atoms with Gasteiger partial charge in [-0.15, -0.1) is 0 Å². The van der Waals surface area contributed by atoms with Crippen molar-refractivity contribution in [1.82, 2.24) is 9.47 Å². The number of nitriles is 1. The monoisotopic (exact) mass is 539 g/mol. The summed E-state index contributed by atoms with van der Waals surface area (Å²) in [5, 5.41) is 9.88. The van der Waals surface area contributed by atoms with E-state index >= 15 is 4.39 Å². The van der Waals surface area contributed by atoms with Gasteiger partial charge in [-0.25, -0.2) is 8.78 Å². The molecule has 3 aromatic carbocycles. The fraction of sp³-hybridized carbons (Fsp3) is 0.258. The molecule has 6 rings (SSSR count). The summed E-state index contributed by atoms with van der Waals surface area (Å²) in [6.07, 6.45) is 4.26. The van der Waals surface area contributed by atoms with Crippen molar-refractivity contribution in [2.45, 2.75) is 43.8 Å². The number of aryl methyl sites for hydroxylation is 1. The van der Waals surface area contributed by atoms with Crippen LogP contribution in [-0.2, 0) is 18.3 Å². The van der Waals surface area contributed by atoms with Crippen LogP contribution in [0.3, 0.4) is 0 Å². The minimum absolute atomic E-state index is 0.0101. The van der Waals surface area contributed by atoms with Crippen molar-refractivity contribution >= 4 is 22.7 Å². The van der Waals surface area contributed by atoms with Gasteiger partial charge in [0, 0.05) is 47.9 Å². The molecule has 2 aliphatic rings. The molecule has 2 aliphatic heterocycles. The molecule has 3 atom stereocenters. The van der Waals surface area contributed by atoms with E-state index in [2.05, 4.69) is 0 Å². The molecule has 4 N–H and O–H groups in total. The van der Waals surface area contributed by atoms with Crippen molar-refractivity contribution in [2.24, 2.45) is 18.5 Å². The minimum atomic E-state index is -0.714. The molecule has 9 heteroatoms. The van der Waals surface area contributed by atoms with Crippen LogP contribution in [0, 0.1) is 23.0 Å². The second-order valence-corrected chi connectivity index (χ2v) is 10.7. The second kappa shape index (κ2) is 9.57. The van der Waals surface area contributed by atoms with Gasteiger partial charge in [0.15, 0.2) is 0 Å². The van der Waals surface area contributed by atoms with Crippen LogP contribution in [-0.4, -0.2) is 39.4 Å². The Bertz CT molecular complexity index is 1750. The zero-order valence-electron chi connectivity index (χ0n) is 21.8. The summed E-state index contributed by atoms with van der Waals surface area (Å²) in [4.78, 5) is 27.2. The Balaban J connectivity index is 1.53. The van der Waals surface area contributed by atoms with Gasteiger partial charge in [-0.05, 0) is 77.9 Å². The number of nitrogens with zero attached hydrogens (tertiary/aromatic N) is 3. The first-order chi connectivity index (χ1) is 19.2. The van der Waals surface area contributed by atoms with Crippen molar-refractivity contribution in [1.29, 1.82) is 5.26 Å². The number of aromatic nitrogens is 1. The number of primary amides is 1. The Hall–Kier alpha value is -4.55. The zero-order valence-corrected chi connectivity index (χ0v) is 21.8. The Morgan fingerprint density at radius 1 is 1.02 bits per heavy atom. The third-order valence-electron chi connectivity index (χ3n) is 8.30. The van der Waals surface area contributed by atoms with Gasteiger partial charge in [0.1, 0.15) is 17.7 Å². The molecule has 7 nitrogen and oxygen atoms in total. The number of nitrogens with two attached hydrogens (primary N) is 2. The molecular weight excluding hydrogens is 512 g/mol. The van der Waals surface area contributed by atoms with Crippen LogP contribution >= 0.6 is 0 Å². The third-order valence-corrected chi connectivity index (χ3v) is 8.30. The molecule has 0 unspecified atom stereocenters. The maximum Gasteiger partial charge on any atom is 0.254 e. The Morgan fingerprint density at radius 2 is 1.82 bits per heavy atom. The summed E-state index contributed by atoms with van der Waals surface area (Å²) in [6, 6.07) is 14.0. The topological polar surface area (TPSA) is 118 Å². The van der Waals surface area contributed by atoms with E-state index in [1.807, 2.05) is 11.0 Å². The number of fused-ring (bicyclic) bond motifs is 3. The highest BCUT2D eigenvalue weighted by molar-refractivity contribution is 6.00. The van der Waals surface area contributed by atoms with Crippen LogP contribution in [0.5, 0.6) is 0 Å². The van der Waals surface area contributed by atoms with Gasteiger partial charge in [-0.1, -0.05) is 12.1 Å². The van der Waals surface area contributed by atoms with Gasteiger partial charge in [0.25, 0.3) is 5.91 Å². The lowest BCUT2D eigenvalue weighted by Gasteiger charge is -2.24. The highest BCUT2D eigenvalue weighted by atomic mass is 19.1. The quantitative estimate of drug-likeness (QED) is 0.391. The average Bonchev–Trinajstić information content (AvgIpc) is 3.57. The summed E-state index contributed by atoms with van der Waals surface area (Å²) >= 11 is 0. The molecule has 1 aromatic heterocycles. The van der Waals surface area contributed by atoms with Crippen molar-refractivity contribution in [3.63, 3.8) is 0 Å². The number of carbonyl (C=O) groups excluding carboxylic acids is 2. The number of rotatable bonds is 5. The molecule has 3 heterocycles. The number of benzene rings is 3. The molecule has 2 saturated heterocycles. The number of hydrogen-bond donors (Lipinski definition) is 2. The fourth-order valence-corrected chi connectivity index (χ4v) is 6.44. The molecule has 2 bridgehead atoms. The van der Waals surface area contributed by atoms with Crippen LogP contribution in [0.25, 0.3) is 33.2 Å². The molecule has 202 valence electrons. The standard InChI is InChI=1S/C31H27F2N5O2/c1-37-15-19(10-30(36)39)23-12-24(26(33)13-29(23)37)21-6-4-17(31(40)38-20-5-7-28(38)27(35)11-20)8-22(21)16-2-3-18(14-34)25(32)9-16/h2-4,6,8-9,12-13,15,20,27-28H,5,7,10-11,35H2,1H3,(H2,36,39)/t20-,27+,28+/m1/s1. The maximum atomic E-state index is 15.7. The van der Waals surface area contributed by atoms with Crippen LogP contribution in [0.4, 0.5) is 8.78 Å². The SMILES string of the molecule is Cn1cc(CC(N)=O)c2cc(-c3ccc(C(=O)N4[C@@H]5CC[C@H]4[C@@H](N)C5)cc3-c3ccc(C#N)c(F)c3)c(F)cc21. The van der Waals surface area contributed by atoms with E-state index < -0.39 is 17.5 Å². The van der Waals surface area contributed by atoms with Crippen molar-refractivity contribution in [3.8, 4) is 28.3 Å². The first kappa shape index (κ1) is 25.7. The van der Waals surface area contributed by atoms with Crippen LogP contribution in [0.15, 0.2) is 54.7 Å². The van der Waals surface area contributed by atoms with E-state index in [1.165, 1.54) is 18.2 Å². The van der Waals surface area contributed by atoms with Gasteiger partial charge >= 0.3 is 0 Å². The smallest absolute Gasteiger partial charge is 0.254 e. The molecule has 2 amide bonds. The fourth-order valence-electron chi connectivity index (χ4n) is 6.44. The summed E-state index contributed by atoms with van der Waals surface area (Å²) in [6.45, 7) is 0. The van der Waals surface area contributed by atoms with E-state index in [4.69, 9.17) is 11.5 Å². The van der Waals surface area contributed by atoms with Gasteiger partial charge in [0.05, 0.1) is 17.5 Å². The Kier molecular flexibility index (Phi) is 6.15. The molecule has 2 fully saturated rings. The number of amides is 2. The van der Waals surface area contributed by atoms with Crippen molar-refractivity contribution < 1.29 is 18.4 Å². The number of carbonyl (C=O) groups is 2. The molecule has 4 aromatic rings. The third kappa shape index (κ3) is 4.12. The summed E-state index contributed by atoms with van der Waals surface area (Å²) < 4.78 is 32.2. The highest BCUT2D eigenvalue weighted by Crippen LogP contribution is 2.41. The van der Waals surface area contributed by atoms with Crippen LogP contribution in [0.2, 0.25) is 0 Å². The number of hydrogen-bond acceptors (Lipinski definition) is 4. The van der Waals surface area contributed by atoms with Crippen molar-refractivity contribution in [2.75, 3.05) is 0 Å². The highest BCUT2D eigenvalue weighted by Gasteiger charge is 2.47. The molecule has 0 radical (unpaired) electrons. The van der Waals surface area contributed by atoms with Crippen LogP contribution < -0.4 is 11.5 Å². The van der Waals surface area contributed by atoms with Gasteiger partial charge in [0.2, 0.25) is 5.91 Å². The van der Waals surface area contributed by atoms with E-state index in [1.54, 1.807) is 48.1 Å². The lowest BCUT2D eigenvalue weighted by Crippen LogP contribution is -2.40. The molecule has 0 aliphatic carbocycles. The number of halogens is 2. The first-order valence-electron chi connectivity index (χ1n) is 13.1. The maximum absolute atomic E-state index is 15.7. The van der Waals surface area contributed by atoms with Gasteiger partial charge in [-0.3, -0.25) is 9.59 Å². The molecule has 0 spiro atoms. The minimum Gasteiger partial charge on any atom is -0.369 e. The van der Waals surface area contributed by atoms with Crippen LogP contribution in [0.1, 0.15) is 40.7 Å². The second-order valence-electron chi connectivity index (χ2n) is 10.7. The van der Waals surface area contributed by atoms with E-state index in [0.29, 0.717) is 38.7 Å². The molecule has 0 saturated carbocycles. The Labute approximate surface area is 229 Å². The zero-order chi connectivity index (χ0) is 28.3. The predicted octanol–water partition coefficient (Wildman–Crippen LogP) is 4.39. The van der Waals surface area contributed by atoms with Crippen molar-refractivity contribution in [3.05, 3.63) is 83.1 Å². The lowest BCUT2D eigenvalue weighted by molar-refractivity contribution is -0.117. The molecular formula is C31H27F2N5O2. The summed E-state index contributed by atoms with van der Waals surface area (Å²) in [5.41, 5.74) is 14.7. The summed E-state index contributed by atoms with van der Waals surface area (Å²) in [7, 11) is 1.76. The van der Waals surface area contributed by atoms with E-state index in [-0.39, 0.29) is 41.6 Å². The lowest BCUT2D eigenvalue weighted by atomic mass is 9.90. The van der Waals surface area contributed by atoms with Gasteiger partial charge < -0.3 is 20.9 Å². The largest absolute Gasteiger partial charge is 0.369 e. The van der Waals surface area contributed by atoms with E-state index in [9.17, 15) is 19.2 Å². The first-order valence-corrected chi connectivity index (χ1v) is 13.1. The summed E-state index contributed by atoms with van der Waals surface area (Å²) in [5.74, 6) is -1.90. The molecule has 40 heavy (non-hydrogen) atoms. The average molecular weight is 540 g/mol. The van der Waals surface area contributed by atoms with Gasteiger partial charge in [-0.2, -0.15) is 5.26 Å². The Morgan fingerprint density at radius 3 is 2.48 bits per heavy atom.